The minimum atomic E-state index is -0.0926. The van der Waals surface area contributed by atoms with Crippen molar-refractivity contribution >= 4 is 0 Å². The third-order valence-electron chi connectivity index (χ3n) is 2.12. The average Bonchev–Trinajstić information content (AvgIpc) is 1.84. The molecule has 0 spiro atoms. The number of ether oxygens (including phenoxy) is 1. The Morgan fingerprint density at radius 3 is 2.60 bits per heavy atom. The molecule has 0 aliphatic heterocycles. The summed E-state index contributed by atoms with van der Waals surface area (Å²) in [7, 11) is 0. The molecule has 0 aromatic rings. The summed E-state index contributed by atoms with van der Waals surface area (Å²) in [4.78, 5) is 0. The molecule has 2 heteroatoms. The Labute approximate surface area is 62.2 Å². The van der Waals surface area contributed by atoms with Crippen molar-refractivity contribution in [1.29, 1.82) is 0 Å². The van der Waals surface area contributed by atoms with Gasteiger partial charge in [-0.2, -0.15) is 0 Å². The monoisotopic (exact) mass is 143 g/mol. The van der Waals surface area contributed by atoms with Crippen LogP contribution in [0.1, 0.15) is 25.7 Å². The first-order valence-electron chi connectivity index (χ1n) is 4.09. The summed E-state index contributed by atoms with van der Waals surface area (Å²) in [5.41, 5.74) is 0. The summed E-state index contributed by atoms with van der Waals surface area (Å²) in [6.07, 6.45) is 5.31. The first-order valence-corrected chi connectivity index (χ1v) is 4.09. The van der Waals surface area contributed by atoms with E-state index in [1.54, 1.807) is 0 Å². The molecule has 10 heavy (non-hydrogen) atoms. The van der Waals surface area contributed by atoms with Gasteiger partial charge in [-0.25, -0.2) is 5.11 Å². The predicted octanol–water partition coefficient (Wildman–Crippen LogP) is 1.62. The molecule has 1 radical (unpaired) electrons. The summed E-state index contributed by atoms with van der Waals surface area (Å²) in [6.45, 7) is 1.10. The zero-order valence-corrected chi connectivity index (χ0v) is 6.34. The Bertz CT molecular complexity index is 79.3. The quantitative estimate of drug-likeness (QED) is 0.538. The van der Waals surface area contributed by atoms with Crippen LogP contribution in [0.3, 0.4) is 0 Å². The van der Waals surface area contributed by atoms with E-state index in [2.05, 4.69) is 0 Å². The second-order valence-corrected chi connectivity index (χ2v) is 2.90. The molecule has 0 amide bonds. The van der Waals surface area contributed by atoms with Crippen LogP contribution in [0.5, 0.6) is 0 Å². The molecule has 0 aromatic heterocycles. The summed E-state index contributed by atoms with van der Waals surface area (Å²) in [5.74, 6) is 0.909. The summed E-state index contributed by atoms with van der Waals surface area (Å²) in [5, 5.41) is 9.93. The molecule has 0 N–H and O–H groups in total. The molecule has 0 bridgehead atoms. The molecule has 1 fully saturated rings. The number of rotatable bonds is 5. The Morgan fingerprint density at radius 1 is 1.30 bits per heavy atom. The molecule has 0 heterocycles. The van der Waals surface area contributed by atoms with Gasteiger partial charge < -0.3 is 4.74 Å². The molecule has 1 aliphatic rings. The van der Waals surface area contributed by atoms with E-state index in [1.807, 2.05) is 0 Å². The zero-order chi connectivity index (χ0) is 7.23. The van der Waals surface area contributed by atoms with Gasteiger partial charge in [0.05, 0.1) is 6.61 Å². The van der Waals surface area contributed by atoms with Gasteiger partial charge in [-0.15, -0.1) is 0 Å². The van der Waals surface area contributed by atoms with Gasteiger partial charge in [0.1, 0.15) is 6.61 Å². The lowest BCUT2D eigenvalue weighted by Gasteiger charge is -2.24. The Balaban J connectivity index is 1.76. The molecule has 0 saturated heterocycles. The van der Waals surface area contributed by atoms with Crippen LogP contribution in [0.4, 0.5) is 0 Å². The van der Waals surface area contributed by atoms with Crippen molar-refractivity contribution in [2.45, 2.75) is 25.7 Å². The molecule has 1 rings (SSSR count). The van der Waals surface area contributed by atoms with Gasteiger partial charge in [0.25, 0.3) is 0 Å². The van der Waals surface area contributed by atoms with Gasteiger partial charge in [0.15, 0.2) is 0 Å². The standard InChI is InChI=1S/C8H15O2/c9-5-7-10-6-4-8-2-1-3-8/h8H,1-7H2. The molecular formula is C8H15O2. The van der Waals surface area contributed by atoms with Gasteiger partial charge in [-0.1, -0.05) is 19.3 Å². The number of hydrogen-bond donors (Lipinski definition) is 0. The van der Waals surface area contributed by atoms with Gasteiger partial charge in [-0.3, -0.25) is 0 Å². The third-order valence-corrected chi connectivity index (χ3v) is 2.12. The maximum atomic E-state index is 9.93. The molecule has 59 valence electrons. The van der Waals surface area contributed by atoms with Crippen LogP contribution < -0.4 is 0 Å². The Morgan fingerprint density at radius 2 is 2.10 bits per heavy atom. The first-order chi connectivity index (χ1) is 4.93. The third kappa shape index (κ3) is 2.67. The maximum Gasteiger partial charge on any atom is 0.106 e. The second kappa shape index (κ2) is 4.69. The van der Waals surface area contributed by atoms with Crippen LogP contribution >= 0.6 is 0 Å². The van der Waals surface area contributed by atoms with Gasteiger partial charge in [0, 0.05) is 6.61 Å². The fourth-order valence-electron chi connectivity index (χ4n) is 1.19. The van der Waals surface area contributed by atoms with Crippen molar-refractivity contribution in [1.82, 2.24) is 0 Å². The van der Waals surface area contributed by atoms with Crippen molar-refractivity contribution < 1.29 is 9.84 Å². The summed E-state index contributed by atoms with van der Waals surface area (Å²) >= 11 is 0. The van der Waals surface area contributed by atoms with E-state index < -0.39 is 0 Å². The van der Waals surface area contributed by atoms with E-state index in [-0.39, 0.29) is 6.61 Å². The minimum Gasteiger partial charge on any atom is -0.379 e. The van der Waals surface area contributed by atoms with Gasteiger partial charge >= 0.3 is 0 Å². The minimum absolute atomic E-state index is 0.0926. The highest BCUT2D eigenvalue weighted by molar-refractivity contribution is 4.68. The van der Waals surface area contributed by atoms with E-state index in [1.165, 1.54) is 25.7 Å². The van der Waals surface area contributed by atoms with E-state index in [4.69, 9.17) is 4.74 Å². The lowest BCUT2D eigenvalue weighted by molar-refractivity contribution is 0.0519. The molecule has 0 unspecified atom stereocenters. The van der Waals surface area contributed by atoms with Crippen LogP contribution in [-0.2, 0) is 9.84 Å². The maximum absolute atomic E-state index is 9.93. The lowest BCUT2D eigenvalue weighted by atomic mass is 9.83. The van der Waals surface area contributed by atoms with E-state index in [0.29, 0.717) is 6.61 Å². The molecular weight excluding hydrogens is 128 g/mol. The lowest BCUT2D eigenvalue weighted by Crippen LogP contribution is -2.14. The van der Waals surface area contributed by atoms with Crippen LogP contribution in [-0.4, -0.2) is 19.8 Å². The van der Waals surface area contributed by atoms with E-state index in [9.17, 15) is 5.11 Å². The Kier molecular flexibility index (Phi) is 3.76. The summed E-state index contributed by atoms with van der Waals surface area (Å²) in [6, 6.07) is 0. The smallest absolute Gasteiger partial charge is 0.106 e. The van der Waals surface area contributed by atoms with Crippen molar-refractivity contribution in [2.75, 3.05) is 19.8 Å². The molecule has 1 saturated carbocycles. The van der Waals surface area contributed by atoms with Crippen LogP contribution in [0.2, 0.25) is 0 Å². The highest BCUT2D eigenvalue weighted by Crippen LogP contribution is 2.28. The molecule has 2 nitrogen and oxygen atoms in total. The first kappa shape index (κ1) is 8.02. The second-order valence-electron chi connectivity index (χ2n) is 2.90. The average molecular weight is 143 g/mol. The Hall–Kier alpha value is -0.0800. The topological polar surface area (TPSA) is 29.1 Å². The van der Waals surface area contributed by atoms with Crippen molar-refractivity contribution in [3.05, 3.63) is 0 Å². The van der Waals surface area contributed by atoms with Gasteiger partial charge in [-0.05, 0) is 12.3 Å². The van der Waals surface area contributed by atoms with E-state index >= 15 is 0 Å². The zero-order valence-electron chi connectivity index (χ0n) is 6.34. The van der Waals surface area contributed by atoms with Crippen molar-refractivity contribution in [3.63, 3.8) is 0 Å². The molecule has 1 aliphatic carbocycles. The highest BCUT2D eigenvalue weighted by atomic mass is 16.5. The van der Waals surface area contributed by atoms with Crippen LogP contribution in [0.15, 0.2) is 0 Å². The van der Waals surface area contributed by atoms with Crippen LogP contribution in [0.25, 0.3) is 0 Å². The molecule has 0 atom stereocenters. The normalized spacial score (nSPS) is 18.9. The summed E-state index contributed by atoms with van der Waals surface area (Å²) < 4.78 is 5.08. The fourth-order valence-corrected chi connectivity index (χ4v) is 1.19. The number of hydrogen-bond acceptors (Lipinski definition) is 1. The van der Waals surface area contributed by atoms with Crippen LogP contribution in [0, 0.1) is 5.92 Å². The SMILES string of the molecule is [O]CCOCCC1CCC1. The fraction of sp³-hybridized carbons (Fsp3) is 1.00. The van der Waals surface area contributed by atoms with E-state index in [0.717, 1.165) is 12.5 Å². The predicted molar refractivity (Wildman–Crippen MR) is 38.3 cm³/mol. The van der Waals surface area contributed by atoms with Crippen molar-refractivity contribution in [3.8, 4) is 0 Å². The largest absolute Gasteiger partial charge is 0.379 e. The molecule has 0 aromatic carbocycles. The van der Waals surface area contributed by atoms with Crippen molar-refractivity contribution in [2.24, 2.45) is 5.92 Å². The van der Waals surface area contributed by atoms with Gasteiger partial charge in [0.2, 0.25) is 0 Å². The highest BCUT2D eigenvalue weighted by Gasteiger charge is 2.16.